The second kappa shape index (κ2) is 8.68. The van der Waals surface area contributed by atoms with Gasteiger partial charge in [-0.2, -0.15) is 0 Å². The lowest BCUT2D eigenvalue weighted by Gasteiger charge is -2.21. The van der Waals surface area contributed by atoms with Crippen molar-refractivity contribution >= 4 is 17.8 Å². The van der Waals surface area contributed by atoms with Gasteiger partial charge >= 0.3 is 0 Å². The average molecular weight is 417 g/mol. The summed E-state index contributed by atoms with van der Waals surface area (Å²) in [6.07, 6.45) is 3.62. The molecule has 1 heterocycles. The molecule has 0 unspecified atom stereocenters. The van der Waals surface area contributed by atoms with Crippen molar-refractivity contribution in [2.45, 2.75) is 33.1 Å². The lowest BCUT2D eigenvalue weighted by molar-refractivity contribution is -0.115. The van der Waals surface area contributed by atoms with E-state index in [1.165, 1.54) is 17.7 Å². The number of rotatable bonds is 5. The van der Waals surface area contributed by atoms with E-state index in [1.54, 1.807) is 19.2 Å². The lowest BCUT2D eigenvalue weighted by Crippen LogP contribution is -2.19. The number of carbonyl (C=O) groups excluding carboxylic acids is 1. The van der Waals surface area contributed by atoms with Gasteiger partial charge < -0.3 is 10.1 Å². The number of hydrogen-bond acceptors (Lipinski definition) is 4. The number of anilines is 1. The molecule has 158 valence electrons. The summed E-state index contributed by atoms with van der Waals surface area (Å²) in [6, 6.07) is 11.9. The molecule has 1 aliphatic carbocycles. The van der Waals surface area contributed by atoms with E-state index in [2.05, 4.69) is 5.32 Å². The van der Waals surface area contributed by atoms with E-state index < -0.39 is 0 Å². The van der Waals surface area contributed by atoms with Crippen molar-refractivity contribution in [2.75, 3.05) is 12.4 Å². The highest BCUT2D eigenvalue weighted by Gasteiger charge is 2.22. The van der Waals surface area contributed by atoms with Crippen LogP contribution >= 0.6 is 0 Å². The molecule has 0 saturated carbocycles. The molecule has 1 N–H and O–H groups in total. The number of ether oxygens (including phenoxy) is 1. The third-order valence-electron chi connectivity index (χ3n) is 5.15. The normalized spacial score (nSPS) is 11.9. The molecule has 1 aromatic heterocycles. The molecule has 0 bridgehead atoms. The summed E-state index contributed by atoms with van der Waals surface area (Å²) in [5.41, 5.74) is 6.33. The number of benzene rings is 2. The van der Waals surface area contributed by atoms with Gasteiger partial charge in [0.25, 0.3) is 0 Å². The van der Waals surface area contributed by atoms with Crippen LogP contribution in [0.4, 0.5) is 10.2 Å². The maximum absolute atomic E-state index is 13.1. The zero-order valence-electron chi connectivity index (χ0n) is 17.8. The molecule has 0 radical (unpaired) electrons. The van der Waals surface area contributed by atoms with Gasteiger partial charge in [0.2, 0.25) is 5.91 Å². The number of nitrogens with one attached hydrogen (secondary N) is 1. The fourth-order valence-electron chi connectivity index (χ4n) is 3.69. The molecule has 1 aliphatic rings. The van der Waals surface area contributed by atoms with Crippen LogP contribution in [0, 0.1) is 5.82 Å². The van der Waals surface area contributed by atoms with Crippen molar-refractivity contribution in [1.82, 2.24) is 9.97 Å². The third kappa shape index (κ3) is 4.63. The lowest BCUT2D eigenvalue weighted by atomic mass is 9.91. The van der Waals surface area contributed by atoms with Gasteiger partial charge in [-0.1, -0.05) is 17.7 Å². The Balaban J connectivity index is 1.67. The Bertz CT molecular complexity index is 1170. The molecule has 2 aromatic carbocycles. The number of fused-ring (bicyclic) bond motifs is 3. The number of carbonyl (C=O) groups is 1. The number of aryl methyl sites for hydroxylation is 2. The van der Waals surface area contributed by atoms with Gasteiger partial charge in [0.05, 0.1) is 24.9 Å². The van der Waals surface area contributed by atoms with Gasteiger partial charge in [-0.3, -0.25) is 4.79 Å². The molecule has 31 heavy (non-hydrogen) atoms. The highest BCUT2D eigenvalue weighted by atomic mass is 19.1. The fourth-order valence-corrected chi connectivity index (χ4v) is 3.69. The molecule has 0 spiro atoms. The first-order chi connectivity index (χ1) is 14.9. The monoisotopic (exact) mass is 417 g/mol. The third-order valence-corrected chi connectivity index (χ3v) is 5.15. The number of methoxy groups -OCH3 is 1. The molecule has 1 amide bonds. The van der Waals surface area contributed by atoms with Crippen molar-refractivity contribution < 1.29 is 13.9 Å². The molecule has 0 saturated heterocycles. The van der Waals surface area contributed by atoms with Crippen molar-refractivity contribution in [3.63, 3.8) is 0 Å². The van der Waals surface area contributed by atoms with Gasteiger partial charge in [0, 0.05) is 5.56 Å². The Labute approximate surface area is 181 Å². The number of nitrogens with zero attached hydrogens (tertiary/aromatic N) is 2. The predicted molar refractivity (Wildman–Crippen MR) is 119 cm³/mol. The second-order valence-corrected chi connectivity index (χ2v) is 7.85. The van der Waals surface area contributed by atoms with Crippen molar-refractivity contribution in [3.05, 3.63) is 76.4 Å². The first-order valence-electron chi connectivity index (χ1n) is 10.2. The Morgan fingerprint density at radius 1 is 1.13 bits per heavy atom. The van der Waals surface area contributed by atoms with Crippen LogP contribution in [0.15, 0.2) is 48.0 Å². The van der Waals surface area contributed by atoms with E-state index in [0.29, 0.717) is 11.5 Å². The molecule has 5 nitrogen and oxygen atoms in total. The van der Waals surface area contributed by atoms with Crippen LogP contribution in [0.3, 0.4) is 0 Å². The number of halogens is 1. The summed E-state index contributed by atoms with van der Waals surface area (Å²) in [5, 5.41) is 2.90. The van der Waals surface area contributed by atoms with E-state index in [4.69, 9.17) is 14.7 Å². The first-order valence-corrected chi connectivity index (χ1v) is 10.2. The molecule has 0 fully saturated rings. The Kier molecular flexibility index (Phi) is 5.80. The van der Waals surface area contributed by atoms with Crippen molar-refractivity contribution in [1.29, 1.82) is 0 Å². The van der Waals surface area contributed by atoms with Crippen LogP contribution in [-0.4, -0.2) is 23.0 Å². The molecule has 0 atom stereocenters. The zero-order valence-corrected chi connectivity index (χ0v) is 17.8. The quantitative estimate of drug-likeness (QED) is 0.635. The van der Waals surface area contributed by atoms with E-state index >= 15 is 0 Å². The minimum atomic E-state index is -0.326. The van der Waals surface area contributed by atoms with E-state index in [9.17, 15) is 9.18 Å². The van der Waals surface area contributed by atoms with Crippen LogP contribution in [0.25, 0.3) is 17.3 Å². The van der Waals surface area contributed by atoms with Gasteiger partial charge in [0.1, 0.15) is 17.3 Å². The molecule has 6 heteroatoms. The topological polar surface area (TPSA) is 64.1 Å². The first kappa shape index (κ1) is 20.7. The number of allylic oxidation sites excluding steroid dienone is 1. The zero-order chi connectivity index (χ0) is 22.0. The van der Waals surface area contributed by atoms with Crippen molar-refractivity contribution in [2.24, 2.45) is 0 Å². The fraction of sp³-hybridized carbons (Fsp3) is 0.240. The van der Waals surface area contributed by atoms with E-state index in [1.807, 2.05) is 38.1 Å². The Morgan fingerprint density at radius 2 is 1.90 bits per heavy atom. The number of aromatic nitrogens is 2. The predicted octanol–water partition coefficient (Wildman–Crippen LogP) is 4.99. The van der Waals surface area contributed by atoms with Crippen molar-refractivity contribution in [3.8, 4) is 17.0 Å². The number of amides is 1. The van der Waals surface area contributed by atoms with E-state index in [-0.39, 0.29) is 18.1 Å². The molecular weight excluding hydrogens is 393 g/mol. The van der Waals surface area contributed by atoms with Crippen LogP contribution in [0.1, 0.15) is 36.4 Å². The highest BCUT2D eigenvalue weighted by Crippen LogP contribution is 2.35. The molecule has 4 rings (SSSR count). The molecular formula is C25H24FN3O2. The minimum Gasteiger partial charge on any atom is -0.497 e. The summed E-state index contributed by atoms with van der Waals surface area (Å²) >= 11 is 0. The largest absolute Gasteiger partial charge is 0.497 e. The summed E-state index contributed by atoms with van der Waals surface area (Å²) < 4.78 is 18.5. The highest BCUT2D eigenvalue weighted by molar-refractivity contribution is 5.93. The van der Waals surface area contributed by atoms with Crippen LogP contribution in [0.2, 0.25) is 0 Å². The average Bonchev–Trinajstić information content (AvgIpc) is 2.75. The summed E-state index contributed by atoms with van der Waals surface area (Å²) in [7, 11) is 1.66. The van der Waals surface area contributed by atoms with Gasteiger partial charge in [-0.25, -0.2) is 14.4 Å². The Morgan fingerprint density at radius 3 is 2.61 bits per heavy atom. The second-order valence-electron chi connectivity index (χ2n) is 7.85. The maximum atomic E-state index is 13.1. The Hall–Kier alpha value is -3.54. The SMILES string of the molecule is COc1ccc2c(c1)CCc1nc(NC(=O)Cc3ccc(F)cc3)c(C=C(C)C)nc1-2. The molecule has 0 aliphatic heterocycles. The minimum absolute atomic E-state index is 0.135. The maximum Gasteiger partial charge on any atom is 0.230 e. The van der Waals surface area contributed by atoms with Crippen LogP contribution in [-0.2, 0) is 24.1 Å². The van der Waals surface area contributed by atoms with Gasteiger partial charge in [-0.05, 0) is 74.2 Å². The van der Waals surface area contributed by atoms with Gasteiger partial charge in [0.15, 0.2) is 5.82 Å². The summed E-state index contributed by atoms with van der Waals surface area (Å²) in [4.78, 5) is 22.3. The summed E-state index contributed by atoms with van der Waals surface area (Å²) in [5.74, 6) is 0.729. The standard InChI is InChI=1S/C25H24FN3O2/c1-15(2)12-22-25(29-23(30)13-16-4-7-18(26)8-5-16)28-21-11-6-17-14-19(31-3)9-10-20(17)24(21)27-22/h4-5,7-10,12,14H,6,11,13H2,1-3H3,(H,28,29,30). The van der Waals surface area contributed by atoms with Gasteiger partial charge in [-0.15, -0.1) is 0 Å². The van der Waals surface area contributed by atoms with Crippen LogP contribution in [0.5, 0.6) is 5.75 Å². The molecule has 3 aromatic rings. The summed E-state index contributed by atoms with van der Waals surface area (Å²) in [6.45, 7) is 3.95. The smallest absolute Gasteiger partial charge is 0.230 e. The number of hydrogen-bond donors (Lipinski definition) is 1. The van der Waals surface area contributed by atoms with E-state index in [0.717, 1.165) is 46.7 Å². The van der Waals surface area contributed by atoms with Crippen LogP contribution < -0.4 is 10.1 Å².